The first-order valence-electron chi connectivity index (χ1n) is 3.45. The number of imide groups is 1. The van der Waals surface area contributed by atoms with Crippen LogP contribution < -0.4 is 10.6 Å². The topological polar surface area (TPSA) is 81.7 Å². The van der Waals surface area contributed by atoms with Gasteiger partial charge in [-0.2, -0.15) is 0 Å². The van der Waals surface area contributed by atoms with Gasteiger partial charge in [0.05, 0.1) is 0 Å². The van der Waals surface area contributed by atoms with Crippen LogP contribution in [0, 0.1) is 0 Å². The first-order chi connectivity index (χ1) is 5.52. The zero-order chi connectivity index (χ0) is 9.56. The number of rotatable bonds is 3. The van der Waals surface area contributed by atoms with Crippen LogP contribution in [0.1, 0.15) is 0 Å². The standard InChI is InChI=1S/C6H13N3O3/c1-9(2)4-3-7-5(10)8-6(11)12/h3-4H2,1-2H3,(H,11,12)(H2,7,8,10). The molecular formula is C6H13N3O3. The van der Waals surface area contributed by atoms with Gasteiger partial charge in [0.25, 0.3) is 0 Å². The Morgan fingerprint density at radius 1 is 1.42 bits per heavy atom. The summed E-state index contributed by atoms with van der Waals surface area (Å²) in [6.07, 6.45) is -1.35. The van der Waals surface area contributed by atoms with Crippen molar-refractivity contribution in [3.8, 4) is 0 Å². The van der Waals surface area contributed by atoms with Gasteiger partial charge in [-0.25, -0.2) is 14.9 Å². The van der Waals surface area contributed by atoms with Gasteiger partial charge >= 0.3 is 12.1 Å². The van der Waals surface area contributed by atoms with Crippen LogP contribution in [-0.4, -0.2) is 49.3 Å². The van der Waals surface area contributed by atoms with Gasteiger partial charge in [-0.15, -0.1) is 0 Å². The molecule has 3 N–H and O–H groups in total. The van der Waals surface area contributed by atoms with E-state index in [9.17, 15) is 9.59 Å². The molecule has 0 aliphatic rings. The zero-order valence-corrected chi connectivity index (χ0v) is 7.13. The molecule has 0 aromatic carbocycles. The van der Waals surface area contributed by atoms with Crippen molar-refractivity contribution in [2.75, 3.05) is 27.2 Å². The molecule has 6 nitrogen and oxygen atoms in total. The van der Waals surface area contributed by atoms with E-state index in [0.29, 0.717) is 13.1 Å². The number of carbonyl (C=O) groups is 2. The molecule has 0 saturated carbocycles. The number of amides is 3. The van der Waals surface area contributed by atoms with Crippen LogP contribution in [0.4, 0.5) is 9.59 Å². The summed E-state index contributed by atoms with van der Waals surface area (Å²) >= 11 is 0. The number of hydrogen-bond acceptors (Lipinski definition) is 3. The van der Waals surface area contributed by atoms with Gasteiger partial charge in [0.1, 0.15) is 0 Å². The molecule has 0 heterocycles. The van der Waals surface area contributed by atoms with E-state index in [0.717, 1.165) is 0 Å². The third kappa shape index (κ3) is 6.81. The minimum Gasteiger partial charge on any atom is -0.465 e. The average molecular weight is 175 g/mol. The lowest BCUT2D eigenvalue weighted by atomic mass is 10.6. The highest BCUT2D eigenvalue weighted by molar-refractivity contribution is 5.89. The van der Waals surface area contributed by atoms with Crippen LogP contribution in [-0.2, 0) is 0 Å². The van der Waals surface area contributed by atoms with Gasteiger partial charge in [-0.1, -0.05) is 0 Å². The van der Waals surface area contributed by atoms with Gasteiger partial charge in [-0.05, 0) is 14.1 Å². The molecule has 0 unspecified atom stereocenters. The molecule has 0 aromatic rings. The van der Waals surface area contributed by atoms with Gasteiger partial charge in [0.2, 0.25) is 0 Å². The Morgan fingerprint density at radius 3 is 2.42 bits per heavy atom. The lowest BCUT2D eigenvalue weighted by Gasteiger charge is -2.09. The maximum absolute atomic E-state index is 10.6. The fraction of sp³-hybridized carbons (Fsp3) is 0.667. The van der Waals surface area contributed by atoms with Crippen molar-refractivity contribution in [1.82, 2.24) is 15.5 Å². The van der Waals surface area contributed by atoms with Gasteiger partial charge in [0, 0.05) is 13.1 Å². The molecule has 12 heavy (non-hydrogen) atoms. The maximum atomic E-state index is 10.6. The molecular weight excluding hydrogens is 162 g/mol. The number of nitrogens with zero attached hydrogens (tertiary/aromatic N) is 1. The van der Waals surface area contributed by atoms with Crippen molar-refractivity contribution in [2.24, 2.45) is 0 Å². The number of nitrogens with one attached hydrogen (secondary N) is 2. The summed E-state index contributed by atoms with van der Waals surface area (Å²) in [6.45, 7) is 1.10. The number of hydrogen-bond donors (Lipinski definition) is 3. The molecule has 0 aliphatic carbocycles. The Balaban J connectivity index is 3.38. The largest absolute Gasteiger partial charge is 0.465 e. The Kier molecular flexibility index (Phi) is 4.78. The monoisotopic (exact) mass is 175 g/mol. The minimum absolute atomic E-state index is 0.423. The molecule has 0 spiro atoms. The lowest BCUT2D eigenvalue weighted by molar-refractivity contribution is 0.191. The molecule has 0 aromatic heterocycles. The first kappa shape index (κ1) is 10.7. The van der Waals surface area contributed by atoms with Crippen molar-refractivity contribution in [3.63, 3.8) is 0 Å². The Morgan fingerprint density at radius 2 is 2.00 bits per heavy atom. The Hall–Kier alpha value is -1.30. The molecule has 70 valence electrons. The Labute approximate surface area is 70.5 Å². The van der Waals surface area contributed by atoms with Gasteiger partial charge < -0.3 is 15.3 Å². The van der Waals surface area contributed by atoms with E-state index in [1.807, 2.05) is 19.0 Å². The molecule has 0 aliphatic heterocycles. The fourth-order valence-corrected chi connectivity index (χ4v) is 0.534. The second-order valence-electron chi connectivity index (χ2n) is 2.49. The summed E-state index contributed by atoms with van der Waals surface area (Å²) < 4.78 is 0. The van der Waals surface area contributed by atoms with Crippen LogP contribution in [0.25, 0.3) is 0 Å². The van der Waals surface area contributed by atoms with E-state index in [-0.39, 0.29) is 0 Å². The molecule has 0 atom stereocenters. The smallest absolute Gasteiger partial charge is 0.412 e. The van der Waals surface area contributed by atoms with E-state index < -0.39 is 12.1 Å². The number of likely N-dealkylation sites (N-methyl/N-ethyl adjacent to an activating group) is 1. The van der Waals surface area contributed by atoms with Crippen LogP contribution in [0.2, 0.25) is 0 Å². The average Bonchev–Trinajstić information content (AvgIpc) is 1.84. The maximum Gasteiger partial charge on any atom is 0.412 e. The van der Waals surface area contributed by atoms with E-state index in [1.54, 1.807) is 5.32 Å². The highest BCUT2D eigenvalue weighted by Crippen LogP contribution is 1.71. The summed E-state index contributed by atoms with van der Waals surface area (Å²) in [5.74, 6) is 0. The van der Waals surface area contributed by atoms with Gasteiger partial charge in [0.15, 0.2) is 0 Å². The molecule has 0 saturated heterocycles. The van der Waals surface area contributed by atoms with Gasteiger partial charge in [-0.3, -0.25) is 0 Å². The van der Waals surface area contributed by atoms with Crippen LogP contribution in [0.5, 0.6) is 0 Å². The molecule has 0 rings (SSSR count). The molecule has 6 heteroatoms. The molecule has 0 radical (unpaired) electrons. The van der Waals surface area contributed by atoms with Crippen LogP contribution >= 0.6 is 0 Å². The van der Waals surface area contributed by atoms with Crippen molar-refractivity contribution in [1.29, 1.82) is 0 Å². The molecule has 0 fully saturated rings. The van der Waals surface area contributed by atoms with Crippen LogP contribution in [0.15, 0.2) is 0 Å². The van der Waals surface area contributed by atoms with E-state index in [2.05, 4.69) is 5.32 Å². The number of carbonyl (C=O) groups excluding carboxylic acids is 1. The highest BCUT2D eigenvalue weighted by Gasteiger charge is 2.02. The minimum atomic E-state index is -1.35. The SMILES string of the molecule is CN(C)CCNC(=O)NC(=O)O. The molecule has 0 bridgehead atoms. The fourth-order valence-electron chi connectivity index (χ4n) is 0.534. The quantitative estimate of drug-likeness (QED) is 0.541. The van der Waals surface area contributed by atoms with E-state index in [1.165, 1.54) is 0 Å². The third-order valence-electron chi connectivity index (χ3n) is 1.07. The Bertz CT molecular complexity index is 169. The van der Waals surface area contributed by atoms with Crippen LogP contribution in [0.3, 0.4) is 0 Å². The summed E-state index contributed by atoms with van der Waals surface area (Å²) in [4.78, 5) is 22.4. The van der Waals surface area contributed by atoms with Crippen molar-refractivity contribution < 1.29 is 14.7 Å². The number of urea groups is 1. The first-order valence-corrected chi connectivity index (χ1v) is 3.45. The summed E-state index contributed by atoms with van der Waals surface area (Å²) in [5, 5.41) is 12.1. The zero-order valence-electron chi connectivity index (χ0n) is 7.13. The molecule has 3 amide bonds. The second-order valence-corrected chi connectivity index (χ2v) is 2.49. The van der Waals surface area contributed by atoms with Crippen molar-refractivity contribution in [3.05, 3.63) is 0 Å². The summed E-state index contributed by atoms with van der Waals surface area (Å²) in [7, 11) is 3.72. The third-order valence-corrected chi connectivity index (χ3v) is 1.07. The normalized spacial score (nSPS) is 9.58. The van der Waals surface area contributed by atoms with Crippen molar-refractivity contribution in [2.45, 2.75) is 0 Å². The van der Waals surface area contributed by atoms with E-state index >= 15 is 0 Å². The predicted octanol–water partition coefficient (Wildman–Crippen LogP) is -0.475. The van der Waals surface area contributed by atoms with Crippen molar-refractivity contribution >= 4 is 12.1 Å². The number of carboxylic acid groups (broad SMARTS) is 1. The highest BCUT2D eigenvalue weighted by atomic mass is 16.4. The summed E-state index contributed by atoms with van der Waals surface area (Å²) in [5.41, 5.74) is 0. The summed E-state index contributed by atoms with van der Waals surface area (Å²) in [6, 6.07) is -0.690. The second kappa shape index (κ2) is 5.36. The van der Waals surface area contributed by atoms with E-state index in [4.69, 9.17) is 5.11 Å². The lowest BCUT2D eigenvalue weighted by Crippen LogP contribution is -2.41. The predicted molar refractivity (Wildman–Crippen MR) is 43.1 cm³/mol.